The third kappa shape index (κ3) is 5.48. The summed E-state index contributed by atoms with van der Waals surface area (Å²) in [6.07, 6.45) is 0. The van der Waals surface area contributed by atoms with Crippen LogP contribution in [0.15, 0.2) is 82.4 Å². The molecule has 0 aliphatic carbocycles. The molecule has 0 radical (unpaired) electrons. The van der Waals surface area contributed by atoms with Crippen molar-refractivity contribution in [1.29, 1.82) is 5.41 Å². The molecule has 1 heterocycles. The largest absolute Gasteiger partial charge is 0.384 e. The lowest BCUT2D eigenvalue weighted by atomic mass is 10.1. The van der Waals surface area contributed by atoms with E-state index in [-0.39, 0.29) is 47.8 Å². The average molecular weight is 499 g/mol. The molecule has 0 saturated heterocycles. The second-order valence-electron chi connectivity index (χ2n) is 8.44. The number of nitrogen functional groups attached to an aromatic ring is 1. The zero-order chi connectivity index (χ0) is 26.5. The van der Waals surface area contributed by atoms with E-state index in [0.29, 0.717) is 5.56 Å². The molecule has 0 aliphatic rings. The van der Waals surface area contributed by atoms with Crippen molar-refractivity contribution >= 4 is 28.6 Å². The molecule has 3 aromatic carbocycles. The summed E-state index contributed by atoms with van der Waals surface area (Å²) in [6, 6.07) is 20.4. The van der Waals surface area contributed by atoms with Gasteiger partial charge in [0.05, 0.1) is 17.4 Å². The fraction of sp³-hybridized carbons (Fsp3) is 0.148. The molecule has 0 unspecified atom stereocenters. The van der Waals surface area contributed by atoms with Gasteiger partial charge in [0.2, 0.25) is 5.91 Å². The normalized spacial score (nSPS) is 10.7. The monoisotopic (exact) mass is 498 g/mol. The molecule has 0 spiro atoms. The van der Waals surface area contributed by atoms with Crippen molar-refractivity contribution in [2.24, 2.45) is 5.73 Å². The molecule has 0 atom stereocenters. The van der Waals surface area contributed by atoms with Gasteiger partial charge < -0.3 is 16.4 Å². The van der Waals surface area contributed by atoms with Crippen LogP contribution in [0.1, 0.15) is 27.0 Å². The fourth-order valence-corrected chi connectivity index (χ4v) is 3.96. The van der Waals surface area contributed by atoms with Crippen LogP contribution < -0.4 is 27.6 Å². The quantitative estimate of drug-likeness (QED) is 0.212. The Bertz CT molecular complexity index is 1600. The maximum atomic E-state index is 13.5. The molecule has 10 nitrogen and oxygen atoms in total. The minimum atomic E-state index is -0.656. The van der Waals surface area contributed by atoms with Gasteiger partial charge in [-0.1, -0.05) is 54.6 Å². The molecule has 0 saturated carbocycles. The van der Waals surface area contributed by atoms with Crippen molar-refractivity contribution in [2.75, 3.05) is 7.05 Å². The molecule has 5 N–H and O–H groups in total. The van der Waals surface area contributed by atoms with Crippen LogP contribution in [0.4, 0.5) is 0 Å². The number of fused-ring (bicyclic) bond motifs is 1. The Morgan fingerprint density at radius 3 is 2.22 bits per heavy atom. The minimum Gasteiger partial charge on any atom is -0.384 e. The molecule has 4 rings (SSSR count). The summed E-state index contributed by atoms with van der Waals surface area (Å²) in [6.45, 7) is -0.125. The predicted octanol–water partition coefficient (Wildman–Crippen LogP) is 1.17. The van der Waals surface area contributed by atoms with Gasteiger partial charge >= 0.3 is 5.69 Å². The highest BCUT2D eigenvalue weighted by atomic mass is 16.2. The van der Waals surface area contributed by atoms with E-state index in [1.165, 1.54) is 29.8 Å². The third-order valence-corrected chi connectivity index (χ3v) is 5.96. The zero-order valence-corrected chi connectivity index (χ0v) is 20.2. The number of aromatic nitrogens is 2. The zero-order valence-electron chi connectivity index (χ0n) is 20.2. The van der Waals surface area contributed by atoms with E-state index in [1.54, 1.807) is 36.4 Å². The SMILES string of the molecule is CNC(=O)c1ccc2c(=O)n(Cc3ccccc3)c(=O)n(CC(=O)NCc3ccc(C(=N)N)cc3)c2c1. The lowest BCUT2D eigenvalue weighted by Gasteiger charge is -2.15. The van der Waals surface area contributed by atoms with E-state index in [9.17, 15) is 19.2 Å². The summed E-state index contributed by atoms with van der Waals surface area (Å²) in [7, 11) is 1.48. The summed E-state index contributed by atoms with van der Waals surface area (Å²) < 4.78 is 2.30. The molecule has 0 aliphatic heterocycles. The highest BCUT2D eigenvalue weighted by Crippen LogP contribution is 2.13. The number of hydrogen-bond acceptors (Lipinski definition) is 5. The first-order chi connectivity index (χ1) is 17.8. The number of carbonyl (C=O) groups excluding carboxylic acids is 2. The lowest BCUT2D eigenvalue weighted by molar-refractivity contribution is -0.121. The number of nitrogens with zero attached hydrogens (tertiary/aromatic N) is 2. The Morgan fingerprint density at radius 1 is 0.892 bits per heavy atom. The van der Waals surface area contributed by atoms with Gasteiger partial charge in [-0.25, -0.2) is 4.79 Å². The van der Waals surface area contributed by atoms with Crippen LogP contribution in [0.3, 0.4) is 0 Å². The van der Waals surface area contributed by atoms with Crippen molar-refractivity contribution in [1.82, 2.24) is 19.8 Å². The van der Waals surface area contributed by atoms with Gasteiger partial charge in [-0.15, -0.1) is 0 Å². The number of nitrogens with two attached hydrogens (primary N) is 1. The van der Waals surface area contributed by atoms with Crippen LogP contribution in [-0.2, 0) is 24.4 Å². The van der Waals surface area contributed by atoms with E-state index < -0.39 is 17.2 Å². The van der Waals surface area contributed by atoms with Crippen LogP contribution in [-0.4, -0.2) is 33.8 Å². The maximum Gasteiger partial charge on any atom is 0.332 e. The molecular weight excluding hydrogens is 472 g/mol. The number of benzene rings is 3. The summed E-state index contributed by atoms with van der Waals surface area (Å²) in [4.78, 5) is 51.8. The highest BCUT2D eigenvalue weighted by Gasteiger charge is 2.17. The van der Waals surface area contributed by atoms with Crippen LogP contribution in [0, 0.1) is 5.41 Å². The van der Waals surface area contributed by atoms with E-state index in [1.807, 2.05) is 18.2 Å². The third-order valence-electron chi connectivity index (χ3n) is 5.96. The Kier molecular flexibility index (Phi) is 7.28. The van der Waals surface area contributed by atoms with Gasteiger partial charge in [0.25, 0.3) is 11.5 Å². The molecule has 37 heavy (non-hydrogen) atoms. The number of amidine groups is 1. The van der Waals surface area contributed by atoms with E-state index in [0.717, 1.165) is 15.7 Å². The van der Waals surface area contributed by atoms with Gasteiger partial charge in [-0.3, -0.25) is 28.9 Å². The maximum absolute atomic E-state index is 13.5. The van der Waals surface area contributed by atoms with Gasteiger partial charge in [0.1, 0.15) is 12.4 Å². The van der Waals surface area contributed by atoms with Crippen molar-refractivity contribution in [2.45, 2.75) is 19.6 Å². The van der Waals surface area contributed by atoms with Crippen molar-refractivity contribution in [3.63, 3.8) is 0 Å². The summed E-state index contributed by atoms with van der Waals surface area (Å²) in [5, 5.41) is 13.0. The van der Waals surface area contributed by atoms with E-state index in [4.69, 9.17) is 11.1 Å². The van der Waals surface area contributed by atoms with Crippen molar-refractivity contribution in [3.8, 4) is 0 Å². The van der Waals surface area contributed by atoms with Crippen molar-refractivity contribution < 1.29 is 9.59 Å². The number of carbonyl (C=O) groups is 2. The summed E-state index contributed by atoms with van der Waals surface area (Å²) >= 11 is 0. The number of nitrogens with one attached hydrogen (secondary N) is 3. The Morgan fingerprint density at radius 2 is 1.57 bits per heavy atom. The number of hydrogen-bond donors (Lipinski definition) is 4. The van der Waals surface area contributed by atoms with Crippen LogP contribution in [0.5, 0.6) is 0 Å². The Labute approximate surface area is 211 Å². The molecule has 10 heteroatoms. The van der Waals surface area contributed by atoms with Gasteiger partial charge in [0, 0.05) is 24.7 Å². The first-order valence-corrected chi connectivity index (χ1v) is 11.5. The molecule has 0 bridgehead atoms. The van der Waals surface area contributed by atoms with Gasteiger partial charge in [-0.05, 0) is 29.3 Å². The second kappa shape index (κ2) is 10.7. The first-order valence-electron chi connectivity index (χ1n) is 11.5. The summed E-state index contributed by atoms with van der Waals surface area (Å²) in [5.74, 6) is -0.884. The lowest BCUT2D eigenvalue weighted by Crippen LogP contribution is -2.43. The molecular formula is C27H26N6O4. The van der Waals surface area contributed by atoms with Crippen LogP contribution in [0.25, 0.3) is 10.9 Å². The standard InChI is InChI=1S/C27H26N6O4/c1-30-25(35)20-11-12-21-22(13-20)32(27(37)33(26(21)36)15-18-5-3-2-4-6-18)16-23(34)31-14-17-7-9-19(10-8-17)24(28)29/h2-13H,14-16H2,1H3,(H3,28,29)(H,30,35)(H,31,34). The van der Waals surface area contributed by atoms with Gasteiger partial charge in [-0.2, -0.15) is 0 Å². The molecule has 0 fully saturated rings. The molecule has 4 aromatic rings. The smallest absolute Gasteiger partial charge is 0.332 e. The predicted molar refractivity (Wildman–Crippen MR) is 141 cm³/mol. The van der Waals surface area contributed by atoms with E-state index >= 15 is 0 Å². The number of amides is 2. The number of rotatable bonds is 8. The Hall–Kier alpha value is -4.99. The van der Waals surface area contributed by atoms with Gasteiger partial charge in [0.15, 0.2) is 0 Å². The first kappa shape index (κ1) is 25.1. The van der Waals surface area contributed by atoms with Crippen LogP contribution in [0.2, 0.25) is 0 Å². The molecule has 188 valence electrons. The average Bonchev–Trinajstić information content (AvgIpc) is 2.92. The van der Waals surface area contributed by atoms with Crippen LogP contribution >= 0.6 is 0 Å². The highest BCUT2D eigenvalue weighted by molar-refractivity contribution is 5.97. The molecule has 1 aromatic heterocycles. The molecule has 2 amide bonds. The minimum absolute atomic E-state index is 0.0375. The fourth-order valence-electron chi connectivity index (χ4n) is 3.96. The second-order valence-corrected chi connectivity index (χ2v) is 8.44. The van der Waals surface area contributed by atoms with Crippen molar-refractivity contribution in [3.05, 3.63) is 116 Å². The Balaban J connectivity index is 1.70. The summed E-state index contributed by atoms with van der Waals surface area (Å²) in [5.41, 5.74) is 6.88. The van der Waals surface area contributed by atoms with E-state index in [2.05, 4.69) is 10.6 Å². The topological polar surface area (TPSA) is 152 Å².